The van der Waals surface area contributed by atoms with Crippen molar-refractivity contribution in [2.24, 2.45) is 0 Å². The second-order valence-corrected chi connectivity index (χ2v) is 4.59. The number of nitrogens with zero attached hydrogens (tertiary/aromatic N) is 6. The van der Waals surface area contributed by atoms with E-state index in [0.717, 1.165) is 44.5 Å². The Bertz CT molecular complexity index is 536. The van der Waals surface area contributed by atoms with Gasteiger partial charge in [0.1, 0.15) is 12.2 Å². The van der Waals surface area contributed by atoms with Gasteiger partial charge in [-0.25, -0.2) is 9.97 Å². The molecule has 0 saturated carbocycles. The molecule has 1 aliphatic rings. The highest BCUT2D eigenvalue weighted by Gasteiger charge is 2.19. The largest absolute Gasteiger partial charge is 0.481 e. The predicted molar refractivity (Wildman–Crippen MR) is 72.5 cm³/mol. The molecule has 1 saturated heterocycles. The highest BCUT2D eigenvalue weighted by Crippen LogP contribution is 2.14. The zero-order valence-electron chi connectivity index (χ0n) is 11.4. The van der Waals surface area contributed by atoms with E-state index in [4.69, 9.17) is 4.74 Å². The smallest absolute Gasteiger partial charge is 0.228 e. The van der Waals surface area contributed by atoms with Crippen LogP contribution in [0.2, 0.25) is 0 Å². The molecule has 0 spiro atoms. The van der Waals surface area contributed by atoms with E-state index in [0.29, 0.717) is 5.88 Å². The Balaban J connectivity index is 1.57. The van der Waals surface area contributed by atoms with Crippen molar-refractivity contribution in [3.63, 3.8) is 0 Å². The number of aromatic nitrogens is 5. The van der Waals surface area contributed by atoms with Crippen LogP contribution in [0.4, 0.5) is 5.95 Å². The molecular weight excluding hydrogens is 258 g/mol. The Hall–Kier alpha value is -2.22. The summed E-state index contributed by atoms with van der Waals surface area (Å²) < 4.78 is 5.13. The number of anilines is 1. The Morgan fingerprint density at radius 1 is 1.25 bits per heavy atom. The fraction of sp³-hybridized carbons (Fsp3) is 0.500. The minimum Gasteiger partial charge on any atom is -0.481 e. The number of H-pyrrole nitrogens is 1. The van der Waals surface area contributed by atoms with Crippen molar-refractivity contribution in [3.05, 3.63) is 24.4 Å². The number of nitrogens with one attached hydrogen (secondary N) is 1. The van der Waals surface area contributed by atoms with E-state index in [2.05, 4.69) is 34.9 Å². The van der Waals surface area contributed by atoms with Crippen LogP contribution >= 0.6 is 0 Å². The lowest BCUT2D eigenvalue weighted by molar-refractivity contribution is 0.243. The van der Waals surface area contributed by atoms with Gasteiger partial charge in [0, 0.05) is 38.4 Å². The first-order valence-corrected chi connectivity index (χ1v) is 6.54. The number of rotatable bonds is 4. The summed E-state index contributed by atoms with van der Waals surface area (Å²) in [6, 6.07) is 1.75. The predicted octanol–water partition coefficient (Wildman–Crippen LogP) is -0.0745. The normalized spacial score (nSPS) is 16.4. The fourth-order valence-corrected chi connectivity index (χ4v) is 2.22. The van der Waals surface area contributed by atoms with Crippen molar-refractivity contribution < 1.29 is 4.74 Å². The maximum Gasteiger partial charge on any atom is 0.228 e. The first kappa shape index (κ1) is 12.8. The second-order valence-electron chi connectivity index (χ2n) is 4.59. The van der Waals surface area contributed by atoms with Gasteiger partial charge in [0.2, 0.25) is 11.8 Å². The van der Waals surface area contributed by atoms with Crippen LogP contribution in [0, 0.1) is 0 Å². The summed E-state index contributed by atoms with van der Waals surface area (Å²) in [5, 5.41) is 6.75. The lowest BCUT2D eigenvalue weighted by Crippen LogP contribution is -2.46. The van der Waals surface area contributed by atoms with Gasteiger partial charge in [-0.3, -0.25) is 10.00 Å². The maximum atomic E-state index is 5.13. The lowest BCUT2D eigenvalue weighted by Gasteiger charge is -2.34. The number of ether oxygens (including phenoxy) is 1. The third kappa shape index (κ3) is 2.85. The molecule has 8 heteroatoms. The van der Waals surface area contributed by atoms with Gasteiger partial charge in [-0.05, 0) is 0 Å². The van der Waals surface area contributed by atoms with E-state index < -0.39 is 0 Å². The standard InChI is InChI=1S/C12H17N7O/c1-20-11-2-3-13-12(16-11)19-6-4-18(5-7-19)8-10-14-9-15-17-10/h2-3,9H,4-8H2,1H3,(H,14,15,17). The van der Waals surface area contributed by atoms with Gasteiger partial charge in [0.15, 0.2) is 0 Å². The Kier molecular flexibility index (Phi) is 3.73. The average molecular weight is 275 g/mol. The number of hydrogen-bond donors (Lipinski definition) is 1. The van der Waals surface area contributed by atoms with Crippen molar-refractivity contribution in [1.29, 1.82) is 0 Å². The molecule has 0 radical (unpaired) electrons. The molecule has 106 valence electrons. The molecule has 0 aromatic carbocycles. The Labute approximate surface area is 116 Å². The fourth-order valence-electron chi connectivity index (χ4n) is 2.22. The molecule has 0 atom stereocenters. The van der Waals surface area contributed by atoms with E-state index in [1.165, 1.54) is 6.33 Å². The van der Waals surface area contributed by atoms with Gasteiger partial charge in [0.25, 0.3) is 0 Å². The molecule has 20 heavy (non-hydrogen) atoms. The monoisotopic (exact) mass is 275 g/mol. The summed E-state index contributed by atoms with van der Waals surface area (Å²) in [5.74, 6) is 2.22. The van der Waals surface area contributed by atoms with Gasteiger partial charge < -0.3 is 9.64 Å². The second kappa shape index (κ2) is 5.83. The third-order valence-electron chi connectivity index (χ3n) is 3.32. The summed E-state index contributed by atoms with van der Waals surface area (Å²) >= 11 is 0. The molecule has 1 N–H and O–H groups in total. The Morgan fingerprint density at radius 3 is 2.80 bits per heavy atom. The molecule has 2 aromatic heterocycles. The van der Waals surface area contributed by atoms with E-state index in [9.17, 15) is 0 Å². The van der Waals surface area contributed by atoms with Crippen LogP contribution in [0.3, 0.4) is 0 Å². The SMILES string of the molecule is COc1ccnc(N2CCN(Cc3ncn[nH]3)CC2)n1. The van der Waals surface area contributed by atoms with E-state index in [1.54, 1.807) is 19.4 Å². The highest BCUT2D eigenvalue weighted by molar-refractivity contribution is 5.32. The Morgan fingerprint density at radius 2 is 2.10 bits per heavy atom. The van der Waals surface area contributed by atoms with Gasteiger partial charge in [-0.1, -0.05) is 0 Å². The summed E-state index contributed by atoms with van der Waals surface area (Å²) in [6.07, 6.45) is 3.26. The maximum absolute atomic E-state index is 5.13. The molecule has 3 heterocycles. The minimum atomic E-state index is 0.596. The molecule has 0 amide bonds. The first-order valence-electron chi connectivity index (χ1n) is 6.54. The third-order valence-corrected chi connectivity index (χ3v) is 3.32. The van der Waals surface area contributed by atoms with Crippen molar-refractivity contribution in [1.82, 2.24) is 30.0 Å². The lowest BCUT2D eigenvalue weighted by atomic mass is 10.3. The molecule has 0 unspecified atom stereocenters. The highest BCUT2D eigenvalue weighted by atomic mass is 16.5. The zero-order chi connectivity index (χ0) is 13.8. The molecule has 2 aromatic rings. The molecule has 8 nitrogen and oxygen atoms in total. The van der Waals surface area contributed by atoms with Crippen molar-refractivity contribution in [2.45, 2.75) is 6.54 Å². The summed E-state index contributed by atoms with van der Waals surface area (Å²) in [5.41, 5.74) is 0. The quantitative estimate of drug-likeness (QED) is 0.836. The van der Waals surface area contributed by atoms with Crippen molar-refractivity contribution >= 4 is 5.95 Å². The van der Waals surface area contributed by atoms with Gasteiger partial charge in [-0.2, -0.15) is 10.1 Å². The molecule has 0 aliphatic carbocycles. The van der Waals surface area contributed by atoms with Crippen LogP contribution in [0.1, 0.15) is 5.82 Å². The topological polar surface area (TPSA) is 83.1 Å². The average Bonchev–Trinajstić information content (AvgIpc) is 3.01. The molecule has 0 bridgehead atoms. The van der Waals surface area contributed by atoms with E-state index in [-0.39, 0.29) is 0 Å². The molecule has 3 rings (SSSR count). The van der Waals surface area contributed by atoms with Gasteiger partial charge in [-0.15, -0.1) is 0 Å². The summed E-state index contributed by atoms with van der Waals surface area (Å²) in [4.78, 5) is 17.3. The molecule has 1 fully saturated rings. The minimum absolute atomic E-state index is 0.596. The number of methoxy groups -OCH3 is 1. The number of aromatic amines is 1. The molecular formula is C12H17N7O. The first-order chi connectivity index (χ1) is 9.85. The van der Waals surface area contributed by atoms with Gasteiger partial charge in [0.05, 0.1) is 13.7 Å². The van der Waals surface area contributed by atoms with Crippen molar-refractivity contribution in [3.8, 4) is 5.88 Å². The van der Waals surface area contributed by atoms with Crippen LogP contribution in [-0.2, 0) is 6.54 Å². The van der Waals surface area contributed by atoms with Crippen LogP contribution in [0.15, 0.2) is 18.6 Å². The van der Waals surface area contributed by atoms with E-state index in [1.807, 2.05) is 0 Å². The number of piperazine rings is 1. The summed E-state index contributed by atoms with van der Waals surface area (Å²) in [7, 11) is 1.61. The van der Waals surface area contributed by atoms with Crippen molar-refractivity contribution in [2.75, 3.05) is 38.2 Å². The zero-order valence-corrected chi connectivity index (χ0v) is 11.4. The van der Waals surface area contributed by atoms with Gasteiger partial charge >= 0.3 is 0 Å². The van der Waals surface area contributed by atoms with Crippen LogP contribution in [0.5, 0.6) is 5.88 Å². The van der Waals surface area contributed by atoms with E-state index >= 15 is 0 Å². The number of hydrogen-bond acceptors (Lipinski definition) is 7. The van der Waals surface area contributed by atoms with Crippen LogP contribution < -0.4 is 9.64 Å². The molecule has 1 aliphatic heterocycles. The van der Waals surface area contributed by atoms with Crippen LogP contribution in [0.25, 0.3) is 0 Å². The van der Waals surface area contributed by atoms with Crippen LogP contribution in [-0.4, -0.2) is 63.3 Å². The summed E-state index contributed by atoms with van der Waals surface area (Å²) in [6.45, 7) is 4.47.